The summed E-state index contributed by atoms with van der Waals surface area (Å²) in [7, 11) is 0. The van der Waals surface area contributed by atoms with Gasteiger partial charge in [-0.15, -0.1) is 0 Å². The predicted molar refractivity (Wildman–Crippen MR) is 266 cm³/mol. The number of carboxylic acids is 1. The highest BCUT2D eigenvalue weighted by Crippen LogP contribution is 2.32. The number of aliphatic hydroxyl groups excluding tert-OH is 3. The van der Waals surface area contributed by atoms with Crippen LogP contribution in [0.2, 0.25) is 0 Å². The highest BCUT2D eigenvalue weighted by Gasteiger charge is 2.48. The second-order valence-corrected chi connectivity index (χ2v) is 19.5. The van der Waals surface area contributed by atoms with Gasteiger partial charge >= 0.3 is 18.0 Å². The Kier molecular flexibility index (Phi) is 25.3. The molecular weight excluding hydrogens is 1030 g/mol. The van der Waals surface area contributed by atoms with E-state index in [0.29, 0.717) is 24.8 Å². The fourth-order valence-corrected chi connectivity index (χ4v) is 7.59. The first-order valence-electron chi connectivity index (χ1n) is 23.7. The Bertz CT molecular complexity index is 2040. The van der Waals surface area contributed by atoms with Crippen molar-refractivity contribution in [3.05, 3.63) is 57.2 Å². The van der Waals surface area contributed by atoms with Crippen LogP contribution in [0.25, 0.3) is 0 Å². The number of esters is 1. The molecule has 21 nitrogen and oxygen atoms in total. The molecule has 0 aromatic heterocycles. The fraction of sp³-hybridized carbons (Fsp3) is 0.604. The van der Waals surface area contributed by atoms with E-state index in [1.165, 1.54) is 23.8 Å². The Hall–Kier alpha value is -5.14. The molecule has 6 amide bonds. The first-order valence-corrected chi connectivity index (χ1v) is 24.8. The molecule has 0 saturated carbocycles. The number of ether oxygens (including phenoxy) is 3. The van der Waals surface area contributed by atoms with Crippen LogP contribution in [0.4, 0.5) is 10.5 Å². The number of hydrogen-bond acceptors (Lipinski definition) is 14. The van der Waals surface area contributed by atoms with E-state index in [9.17, 15) is 54.0 Å². The van der Waals surface area contributed by atoms with E-state index >= 15 is 0 Å². The quantitative estimate of drug-likeness (QED) is 0.0317. The van der Waals surface area contributed by atoms with Gasteiger partial charge in [0.15, 0.2) is 6.10 Å². The number of anilines is 1. The van der Waals surface area contributed by atoms with E-state index in [-0.39, 0.29) is 74.7 Å². The molecule has 0 unspecified atom stereocenters. The lowest BCUT2D eigenvalue weighted by Gasteiger charge is -2.40. The molecule has 1 aliphatic rings. The zero-order valence-corrected chi connectivity index (χ0v) is 42.9. The zero-order valence-electron chi connectivity index (χ0n) is 40.7. The average Bonchev–Trinajstić information content (AvgIpc) is 3.30. The van der Waals surface area contributed by atoms with Crippen molar-refractivity contribution in [2.24, 2.45) is 17.6 Å². The standard InChI is InChI=1S/C48H72IN7O14/c1-26(2)37(53-28(5)6)43(62)55-33(14-11-23-52-48(50)67)42(61)54-32-21-18-30(25-68-46(66)27(3)4)24-35(32)69-47-40(60)38(58)39(59)41(70-47)44(63)56-34(45(64)65)13-9-10-22-51-36(57)15-8-7-12-29-16-19-31(49)20-17-29/h16-21,24,26-28,33-34,37-41,47,53,58-60H,7-15,22-23,25H2,1-6H3,(H,51,57)(H,54,61)(H,55,62)(H,56,63)(H,64,65)(H3,50,52,67)/t33-,34-,37-,38-,39-,40+,41-,47+/m0/s1. The number of nitrogens with two attached hydrogens (primary N) is 1. The summed E-state index contributed by atoms with van der Waals surface area (Å²) in [6.07, 6.45) is -6.36. The van der Waals surface area contributed by atoms with E-state index in [0.717, 1.165) is 16.4 Å². The van der Waals surface area contributed by atoms with Crippen molar-refractivity contribution >= 4 is 69.9 Å². The van der Waals surface area contributed by atoms with Crippen molar-refractivity contribution in [3.8, 4) is 5.75 Å². The summed E-state index contributed by atoms with van der Waals surface area (Å²) in [5, 5.41) is 59.1. The predicted octanol–water partition coefficient (Wildman–Crippen LogP) is 2.34. The Balaban J connectivity index is 1.75. The summed E-state index contributed by atoms with van der Waals surface area (Å²) in [4.78, 5) is 89.5. The fourth-order valence-electron chi connectivity index (χ4n) is 7.23. The minimum atomic E-state index is -2.06. The molecule has 390 valence electrons. The van der Waals surface area contributed by atoms with Crippen molar-refractivity contribution in [2.45, 2.75) is 161 Å². The summed E-state index contributed by atoms with van der Waals surface area (Å²) in [6.45, 7) is 10.8. The monoisotopic (exact) mass is 1100 g/mol. The molecule has 1 fully saturated rings. The topological polar surface area (TPSA) is 326 Å². The minimum Gasteiger partial charge on any atom is -0.480 e. The van der Waals surface area contributed by atoms with Gasteiger partial charge in [-0.3, -0.25) is 24.0 Å². The van der Waals surface area contributed by atoms with Gasteiger partial charge in [-0.25, -0.2) is 9.59 Å². The largest absolute Gasteiger partial charge is 0.480 e. The van der Waals surface area contributed by atoms with Crippen molar-refractivity contribution in [1.29, 1.82) is 0 Å². The maximum Gasteiger partial charge on any atom is 0.326 e. The first kappa shape index (κ1) is 59.2. The number of amides is 6. The van der Waals surface area contributed by atoms with Gasteiger partial charge in [-0.2, -0.15) is 0 Å². The zero-order chi connectivity index (χ0) is 52.1. The third kappa shape index (κ3) is 20.3. The van der Waals surface area contributed by atoms with Gasteiger partial charge < -0.3 is 72.3 Å². The second kappa shape index (κ2) is 29.9. The van der Waals surface area contributed by atoms with Gasteiger partial charge in [0.1, 0.15) is 42.8 Å². The molecule has 0 aliphatic carbocycles. The first-order chi connectivity index (χ1) is 33.1. The van der Waals surface area contributed by atoms with Gasteiger partial charge in [0.05, 0.1) is 17.6 Å². The molecule has 12 N–H and O–H groups in total. The number of aliphatic hydroxyl groups is 3. The summed E-state index contributed by atoms with van der Waals surface area (Å²) in [5.74, 6) is -5.23. The number of rotatable bonds is 29. The van der Waals surface area contributed by atoms with Crippen LogP contribution in [0.1, 0.15) is 104 Å². The molecule has 1 saturated heterocycles. The maximum atomic E-state index is 14.1. The number of primary amides is 1. The van der Waals surface area contributed by atoms with Crippen molar-refractivity contribution < 1.29 is 68.2 Å². The molecular formula is C48H72IN7O14. The summed E-state index contributed by atoms with van der Waals surface area (Å²) < 4.78 is 18.3. The second-order valence-electron chi connectivity index (χ2n) is 18.2. The molecule has 0 bridgehead atoms. The molecule has 70 heavy (non-hydrogen) atoms. The maximum absolute atomic E-state index is 14.1. The Morgan fingerprint density at radius 3 is 2.04 bits per heavy atom. The smallest absolute Gasteiger partial charge is 0.326 e. The number of halogens is 1. The Labute approximate surface area is 422 Å². The van der Waals surface area contributed by atoms with Gasteiger partial charge in [-0.1, -0.05) is 59.7 Å². The lowest BCUT2D eigenvalue weighted by atomic mass is 9.97. The number of nitrogens with one attached hydrogen (secondary N) is 6. The number of unbranched alkanes of at least 4 members (excludes halogenated alkanes) is 2. The number of hydrogen-bond donors (Lipinski definition) is 11. The Morgan fingerprint density at radius 1 is 0.757 bits per heavy atom. The van der Waals surface area contributed by atoms with Crippen LogP contribution < -0.4 is 42.4 Å². The van der Waals surface area contributed by atoms with Crippen LogP contribution in [0.3, 0.4) is 0 Å². The highest BCUT2D eigenvalue weighted by molar-refractivity contribution is 14.1. The number of carbonyl (C=O) groups is 7. The van der Waals surface area contributed by atoms with Gasteiger partial charge in [0.2, 0.25) is 24.0 Å². The van der Waals surface area contributed by atoms with Crippen LogP contribution in [0.5, 0.6) is 5.75 Å². The molecule has 2 aromatic carbocycles. The molecule has 0 radical (unpaired) electrons. The van der Waals surface area contributed by atoms with Crippen LogP contribution in [-0.2, 0) is 51.3 Å². The number of carboxylic acid groups (broad SMARTS) is 1. The molecule has 8 atom stereocenters. The van der Waals surface area contributed by atoms with Gasteiger partial charge in [0.25, 0.3) is 5.91 Å². The third-order valence-corrected chi connectivity index (χ3v) is 11.9. The SMILES string of the molecule is CC(C)N[C@H](C(=O)N[C@@H](CCCNC(N)=O)C(=O)Nc1ccc(COC(=O)C(C)C)cc1O[C@@H]1O[C@H](C(=O)N[C@@H](CCCCNC(=O)CCCCc2ccc(I)cc2)C(=O)O)[C@@H](O)[C@H](O)[C@H]1O)C(C)C. The van der Waals surface area contributed by atoms with Crippen LogP contribution in [-0.4, -0.2) is 130 Å². The summed E-state index contributed by atoms with van der Waals surface area (Å²) in [6, 6.07) is 8.26. The van der Waals surface area contributed by atoms with Crippen LogP contribution in [0, 0.1) is 15.4 Å². The number of aliphatic carboxylic acids is 1. The van der Waals surface area contributed by atoms with Crippen LogP contribution >= 0.6 is 22.6 Å². The molecule has 22 heteroatoms. The summed E-state index contributed by atoms with van der Waals surface area (Å²) >= 11 is 2.24. The molecule has 0 spiro atoms. The molecule has 3 rings (SSSR count). The molecule has 1 aliphatic heterocycles. The van der Waals surface area contributed by atoms with Crippen LogP contribution in [0.15, 0.2) is 42.5 Å². The van der Waals surface area contributed by atoms with E-state index in [1.54, 1.807) is 13.8 Å². The van der Waals surface area contributed by atoms with Gasteiger partial charge in [-0.05, 0) is 115 Å². The Morgan fingerprint density at radius 2 is 1.41 bits per heavy atom. The van der Waals surface area contributed by atoms with E-state index < -0.39 is 90.4 Å². The van der Waals surface area contributed by atoms with Crippen molar-refractivity contribution in [3.63, 3.8) is 0 Å². The highest BCUT2D eigenvalue weighted by atomic mass is 127. The van der Waals surface area contributed by atoms with Crippen molar-refractivity contribution in [2.75, 3.05) is 18.4 Å². The van der Waals surface area contributed by atoms with E-state index in [4.69, 9.17) is 19.9 Å². The van der Waals surface area contributed by atoms with Crippen molar-refractivity contribution in [1.82, 2.24) is 26.6 Å². The summed E-state index contributed by atoms with van der Waals surface area (Å²) in [5.41, 5.74) is 6.69. The molecule has 2 aromatic rings. The molecule has 1 heterocycles. The third-order valence-electron chi connectivity index (χ3n) is 11.2. The van der Waals surface area contributed by atoms with Gasteiger partial charge in [0, 0.05) is 29.1 Å². The lowest BCUT2D eigenvalue weighted by molar-refractivity contribution is -0.266. The average molecular weight is 1100 g/mol. The number of benzene rings is 2. The van der Waals surface area contributed by atoms with E-state index in [2.05, 4.69) is 66.6 Å². The normalized spacial score (nSPS) is 19.1. The number of aryl methyl sites for hydroxylation is 1. The minimum absolute atomic E-state index is 0.0403. The lowest BCUT2D eigenvalue weighted by Crippen LogP contribution is -2.63. The number of urea groups is 1. The number of carbonyl (C=O) groups excluding carboxylic acids is 6. The van der Waals surface area contributed by atoms with E-state index in [1.807, 2.05) is 39.8 Å².